The minimum absolute atomic E-state index is 0.106. The second-order valence-electron chi connectivity index (χ2n) is 5.61. The molecule has 0 radical (unpaired) electrons. The summed E-state index contributed by atoms with van der Waals surface area (Å²) in [5.41, 5.74) is 5.86. The first-order valence-electron chi connectivity index (χ1n) is 7.45. The Bertz CT molecular complexity index is 587. The summed E-state index contributed by atoms with van der Waals surface area (Å²) < 4.78 is 1.94. The van der Waals surface area contributed by atoms with Gasteiger partial charge in [-0.15, -0.1) is 0 Å². The molecule has 4 nitrogen and oxygen atoms in total. The first-order valence-corrected chi connectivity index (χ1v) is 7.45. The van der Waals surface area contributed by atoms with E-state index in [1.54, 1.807) is 0 Å². The van der Waals surface area contributed by atoms with E-state index in [4.69, 9.17) is 5.11 Å². The Morgan fingerprint density at radius 1 is 1.19 bits per heavy atom. The van der Waals surface area contributed by atoms with E-state index in [9.17, 15) is 0 Å². The zero-order valence-corrected chi connectivity index (χ0v) is 13.3. The van der Waals surface area contributed by atoms with Crippen LogP contribution in [0.3, 0.4) is 0 Å². The molecule has 0 spiro atoms. The van der Waals surface area contributed by atoms with E-state index in [0.717, 1.165) is 24.2 Å². The number of aromatic nitrogens is 2. The average molecular weight is 287 g/mol. The van der Waals surface area contributed by atoms with Crippen molar-refractivity contribution in [3.05, 3.63) is 52.3 Å². The molecule has 0 saturated heterocycles. The summed E-state index contributed by atoms with van der Waals surface area (Å²) in [5, 5.41) is 17.1. The van der Waals surface area contributed by atoms with Crippen molar-refractivity contribution in [2.45, 2.75) is 39.8 Å². The van der Waals surface area contributed by atoms with Crippen molar-refractivity contribution in [3.63, 3.8) is 0 Å². The molecule has 0 fully saturated rings. The van der Waals surface area contributed by atoms with Gasteiger partial charge >= 0.3 is 0 Å². The maximum absolute atomic E-state index is 9.04. The second kappa shape index (κ2) is 6.87. The molecule has 4 heteroatoms. The van der Waals surface area contributed by atoms with Crippen LogP contribution < -0.4 is 5.32 Å². The van der Waals surface area contributed by atoms with E-state index in [1.807, 2.05) is 23.9 Å². The molecule has 1 unspecified atom stereocenters. The SMILES string of the molecule is Cc1nn(C)c(C)c1C(C)NCCc1ccc(CO)cc1. The van der Waals surface area contributed by atoms with E-state index in [-0.39, 0.29) is 6.61 Å². The van der Waals surface area contributed by atoms with Gasteiger partial charge < -0.3 is 10.4 Å². The number of aliphatic hydroxyl groups excluding tert-OH is 1. The summed E-state index contributed by atoms with van der Waals surface area (Å²) in [4.78, 5) is 0. The summed E-state index contributed by atoms with van der Waals surface area (Å²) in [6, 6.07) is 8.43. The van der Waals surface area contributed by atoms with Crippen LogP contribution in [0.5, 0.6) is 0 Å². The average Bonchev–Trinajstić information content (AvgIpc) is 2.73. The smallest absolute Gasteiger partial charge is 0.0681 e. The van der Waals surface area contributed by atoms with Crippen LogP contribution in [0.25, 0.3) is 0 Å². The third kappa shape index (κ3) is 3.71. The highest BCUT2D eigenvalue weighted by molar-refractivity contribution is 5.27. The van der Waals surface area contributed by atoms with Crippen LogP contribution in [0.2, 0.25) is 0 Å². The first-order chi connectivity index (χ1) is 10.0. The topological polar surface area (TPSA) is 50.1 Å². The van der Waals surface area contributed by atoms with Gasteiger partial charge in [0.1, 0.15) is 0 Å². The van der Waals surface area contributed by atoms with E-state index in [0.29, 0.717) is 6.04 Å². The summed E-state index contributed by atoms with van der Waals surface area (Å²) >= 11 is 0. The molecule has 2 N–H and O–H groups in total. The molecule has 0 bridgehead atoms. The normalized spacial score (nSPS) is 12.6. The predicted octanol–water partition coefficient (Wildman–Crippen LogP) is 2.42. The first kappa shape index (κ1) is 15.7. The minimum atomic E-state index is 0.106. The van der Waals surface area contributed by atoms with Crippen molar-refractivity contribution in [2.24, 2.45) is 7.05 Å². The molecule has 0 aliphatic heterocycles. The van der Waals surface area contributed by atoms with Gasteiger partial charge in [-0.2, -0.15) is 5.10 Å². The quantitative estimate of drug-likeness (QED) is 0.858. The van der Waals surface area contributed by atoms with Gasteiger partial charge in [-0.3, -0.25) is 4.68 Å². The highest BCUT2D eigenvalue weighted by Gasteiger charge is 2.15. The fourth-order valence-corrected chi connectivity index (χ4v) is 2.76. The zero-order valence-electron chi connectivity index (χ0n) is 13.3. The Labute approximate surface area is 126 Å². The Morgan fingerprint density at radius 3 is 2.33 bits per heavy atom. The standard InChI is InChI=1S/C17H25N3O/c1-12(17-13(2)19-20(4)14(17)3)18-10-9-15-5-7-16(11-21)8-6-15/h5-8,12,18,21H,9-11H2,1-4H3. The molecule has 0 saturated carbocycles. The molecule has 2 aromatic rings. The van der Waals surface area contributed by atoms with Crippen molar-refractivity contribution < 1.29 is 5.11 Å². The van der Waals surface area contributed by atoms with Crippen LogP contribution in [-0.4, -0.2) is 21.4 Å². The third-order valence-electron chi connectivity index (χ3n) is 4.07. The molecule has 0 aliphatic rings. The maximum atomic E-state index is 9.04. The van der Waals surface area contributed by atoms with Gasteiger partial charge in [-0.05, 0) is 44.9 Å². The van der Waals surface area contributed by atoms with Crippen LogP contribution in [0.4, 0.5) is 0 Å². The highest BCUT2D eigenvalue weighted by atomic mass is 16.3. The number of aryl methyl sites for hydroxylation is 2. The van der Waals surface area contributed by atoms with Crippen LogP contribution in [0, 0.1) is 13.8 Å². The lowest BCUT2D eigenvalue weighted by molar-refractivity contribution is 0.282. The Morgan fingerprint density at radius 2 is 1.81 bits per heavy atom. The highest BCUT2D eigenvalue weighted by Crippen LogP contribution is 2.20. The summed E-state index contributed by atoms with van der Waals surface area (Å²) in [7, 11) is 1.99. The fraction of sp³-hybridized carbons (Fsp3) is 0.471. The molecule has 1 aromatic carbocycles. The Balaban J connectivity index is 1.90. The molecule has 0 amide bonds. The maximum Gasteiger partial charge on any atom is 0.0681 e. The Kier molecular flexibility index (Phi) is 5.15. The third-order valence-corrected chi connectivity index (χ3v) is 4.07. The summed E-state index contributed by atoms with van der Waals surface area (Å²) in [6.45, 7) is 7.39. The zero-order chi connectivity index (χ0) is 15.4. The molecule has 1 atom stereocenters. The summed E-state index contributed by atoms with van der Waals surface area (Å²) in [5.74, 6) is 0. The minimum Gasteiger partial charge on any atom is -0.392 e. The van der Waals surface area contributed by atoms with Gasteiger partial charge in [0.25, 0.3) is 0 Å². The molecule has 21 heavy (non-hydrogen) atoms. The van der Waals surface area contributed by atoms with Crippen LogP contribution in [-0.2, 0) is 20.1 Å². The number of aliphatic hydroxyl groups is 1. The lowest BCUT2D eigenvalue weighted by Crippen LogP contribution is -2.22. The lowest BCUT2D eigenvalue weighted by atomic mass is 10.1. The molecule has 114 valence electrons. The number of rotatable bonds is 6. The Hall–Kier alpha value is -1.65. The monoisotopic (exact) mass is 287 g/mol. The number of benzene rings is 1. The molecule has 0 aliphatic carbocycles. The molecular formula is C17H25N3O. The molecule has 1 aromatic heterocycles. The number of nitrogens with one attached hydrogen (secondary N) is 1. The van der Waals surface area contributed by atoms with E-state index >= 15 is 0 Å². The van der Waals surface area contributed by atoms with Crippen molar-refractivity contribution in [2.75, 3.05) is 6.54 Å². The van der Waals surface area contributed by atoms with Gasteiger partial charge in [0.15, 0.2) is 0 Å². The van der Waals surface area contributed by atoms with E-state index in [2.05, 4.69) is 43.3 Å². The molecule has 2 rings (SSSR count). The number of hydrogen-bond acceptors (Lipinski definition) is 3. The summed E-state index contributed by atoms with van der Waals surface area (Å²) in [6.07, 6.45) is 0.981. The fourth-order valence-electron chi connectivity index (χ4n) is 2.76. The van der Waals surface area contributed by atoms with Crippen LogP contribution in [0.1, 0.15) is 41.0 Å². The van der Waals surface area contributed by atoms with Crippen molar-refractivity contribution >= 4 is 0 Å². The second-order valence-corrected chi connectivity index (χ2v) is 5.61. The van der Waals surface area contributed by atoms with Gasteiger partial charge in [0, 0.05) is 24.3 Å². The lowest BCUT2D eigenvalue weighted by Gasteiger charge is -2.15. The van der Waals surface area contributed by atoms with Crippen molar-refractivity contribution in [1.82, 2.24) is 15.1 Å². The van der Waals surface area contributed by atoms with Crippen molar-refractivity contribution in [1.29, 1.82) is 0 Å². The van der Waals surface area contributed by atoms with Gasteiger partial charge in [0.05, 0.1) is 12.3 Å². The van der Waals surface area contributed by atoms with Gasteiger partial charge in [-0.1, -0.05) is 24.3 Å². The van der Waals surface area contributed by atoms with Gasteiger partial charge in [0.2, 0.25) is 0 Å². The molecule has 1 heterocycles. The van der Waals surface area contributed by atoms with E-state index < -0.39 is 0 Å². The van der Waals surface area contributed by atoms with Gasteiger partial charge in [-0.25, -0.2) is 0 Å². The largest absolute Gasteiger partial charge is 0.392 e. The van der Waals surface area contributed by atoms with Crippen molar-refractivity contribution in [3.8, 4) is 0 Å². The van der Waals surface area contributed by atoms with Crippen LogP contribution in [0.15, 0.2) is 24.3 Å². The number of hydrogen-bond donors (Lipinski definition) is 2. The van der Waals surface area contributed by atoms with Crippen LogP contribution >= 0.6 is 0 Å². The van der Waals surface area contributed by atoms with E-state index in [1.165, 1.54) is 16.8 Å². The molecular weight excluding hydrogens is 262 g/mol. The predicted molar refractivity (Wildman–Crippen MR) is 85.2 cm³/mol. The number of nitrogens with zero attached hydrogens (tertiary/aromatic N) is 2.